The van der Waals surface area contributed by atoms with E-state index in [1.807, 2.05) is 6.92 Å². The summed E-state index contributed by atoms with van der Waals surface area (Å²) in [7, 11) is 0. The monoisotopic (exact) mass is 376 g/mol. The maximum absolute atomic E-state index is 13.3. The molecule has 0 spiro atoms. The number of rotatable bonds is 4. The van der Waals surface area contributed by atoms with Crippen LogP contribution in [0, 0.1) is 29.1 Å². The first-order valence-electron chi connectivity index (χ1n) is 9.55. The van der Waals surface area contributed by atoms with Gasteiger partial charge < -0.3 is 10.4 Å². The molecule has 142 valence electrons. The second kappa shape index (κ2) is 5.54. The largest absolute Gasteiger partial charge is 0.477 e. The van der Waals surface area contributed by atoms with E-state index in [1.165, 1.54) is 30.6 Å². The molecule has 3 atom stereocenters. The summed E-state index contributed by atoms with van der Waals surface area (Å²) in [5, 5.41) is 13.1. The molecule has 4 aliphatic carbocycles. The minimum atomic E-state index is -0.952. The van der Waals surface area contributed by atoms with Gasteiger partial charge in [-0.05, 0) is 69.1 Å². The molecule has 4 fully saturated rings. The van der Waals surface area contributed by atoms with Crippen molar-refractivity contribution in [2.45, 2.75) is 72.3 Å². The molecule has 26 heavy (non-hydrogen) atoms. The van der Waals surface area contributed by atoms with Crippen LogP contribution in [0.4, 0.5) is 0 Å². The molecule has 0 aliphatic heterocycles. The highest BCUT2D eigenvalue weighted by atomic mass is 32.1. The Hall–Kier alpha value is -1.43. The molecule has 1 amide bonds. The van der Waals surface area contributed by atoms with E-state index >= 15 is 0 Å². The van der Waals surface area contributed by atoms with Gasteiger partial charge in [0.2, 0.25) is 5.91 Å². The lowest BCUT2D eigenvalue weighted by Gasteiger charge is -2.64. The minimum Gasteiger partial charge on any atom is -0.477 e. The van der Waals surface area contributed by atoms with Crippen molar-refractivity contribution in [2.75, 3.05) is 0 Å². The number of carboxylic acids is 1. The van der Waals surface area contributed by atoms with E-state index in [0.717, 1.165) is 19.3 Å². The van der Waals surface area contributed by atoms with Gasteiger partial charge in [0.15, 0.2) is 0 Å². The van der Waals surface area contributed by atoms with Crippen LogP contribution in [0.15, 0.2) is 0 Å². The van der Waals surface area contributed by atoms with E-state index in [-0.39, 0.29) is 22.2 Å². The Labute approximate surface area is 158 Å². The van der Waals surface area contributed by atoms with Crippen LogP contribution in [0.5, 0.6) is 0 Å². The molecule has 1 heterocycles. The van der Waals surface area contributed by atoms with Crippen molar-refractivity contribution >= 4 is 23.2 Å². The third-order valence-electron chi connectivity index (χ3n) is 6.83. The maximum atomic E-state index is 13.3. The number of nitrogens with zero attached hydrogens (tertiary/aromatic N) is 1. The molecule has 5 nitrogen and oxygen atoms in total. The van der Waals surface area contributed by atoms with E-state index in [4.69, 9.17) is 0 Å². The average Bonchev–Trinajstić information content (AvgIpc) is 2.85. The Morgan fingerprint density at radius 1 is 1.19 bits per heavy atom. The fourth-order valence-corrected chi connectivity index (χ4v) is 7.82. The number of aromatic carboxylic acids is 1. The molecule has 6 heteroatoms. The number of amides is 1. The topological polar surface area (TPSA) is 79.3 Å². The molecule has 0 saturated heterocycles. The fraction of sp³-hybridized carbons (Fsp3) is 0.750. The summed E-state index contributed by atoms with van der Waals surface area (Å²) in [4.78, 5) is 29.2. The summed E-state index contributed by atoms with van der Waals surface area (Å²) in [6.07, 6.45) is 6.76. The molecule has 1 aromatic rings. The number of aromatic nitrogens is 1. The molecule has 2 N–H and O–H groups in total. The van der Waals surface area contributed by atoms with Gasteiger partial charge in [0.1, 0.15) is 9.88 Å². The van der Waals surface area contributed by atoms with Crippen molar-refractivity contribution in [3.05, 3.63) is 15.6 Å². The summed E-state index contributed by atoms with van der Waals surface area (Å²) >= 11 is 1.17. The highest BCUT2D eigenvalue weighted by Crippen LogP contribution is 2.69. The molecule has 4 aliphatic rings. The Balaban J connectivity index is 1.55. The van der Waals surface area contributed by atoms with Crippen LogP contribution in [0.3, 0.4) is 0 Å². The summed E-state index contributed by atoms with van der Waals surface area (Å²) < 4.78 is 0. The third-order valence-corrected chi connectivity index (χ3v) is 8.16. The van der Waals surface area contributed by atoms with Crippen molar-refractivity contribution in [2.24, 2.45) is 22.2 Å². The minimum absolute atomic E-state index is 0.149. The van der Waals surface area contributed by atoms with Gasteiger partial charge in [-0.15, -0.1) is 11.3 Å². The molecule has 1 aromatic heterocycles. The fourth-order valence-electron chi connectivity index (χ4n) is 6.91. The number of carbonyl (C=O) groups is 2. The van der Waals surface area contributed by atoms with Gasteiger partial charge in [0, 0.05) is 0 Å². The van der Waals surface area contributed by atoms with Gasteiger partial charge in [0.25, 0.3) is 0 Å². The highest BCUT2D eigenvalue weighted by molar-refractivity contribution is 7.13. The van der Waals surface area contributed by atoms with Gasteiger partial charge in [-0.3, -0.25) is 4.79 Å². The van der Waals surface area contributed by atoms with Crippen molar-refractivity contribution in [1.29, 1.82) is 0 Å². The quantitative estimate of drug-likeness (QED) is 0.820. The van der Waals surface area contributed by atoms with E-state index < -0.39 is 5.97 Å². The molecular weight excluding hydrogens is 348 g/mol. The number of carboxylic acid groups (broad SMARTS) is 1. The van der Waals surface area contributed by atoms with Crippen LogP contribution in [-0.4, -0.2) is 22.0 Å². The van der Waals surface area contributed by atoms with E-state index in [2.05, 4.69) is 24.1 Å². The number of hydrogen-bond donors (Lipinski definition) is 2. The predicted molar refractivity (Wildman–Crippen MR) is 100 cm³/mol. The van der Waals surface area contributed by atoms with Crippen LogP contribution in [-0.2, 0) is 4.79 Å². The SMILES string of the molecule is Cc1nc(C(C)NC(=O)C23CC4CC(C)(CC(C)(C4)C2)C3)sc1C(=O)O. The summed E-state index contributed by atoms with van der Waals surface area (Å²) in [6, 6.07) is -0.257. The van der Waals surface area contributed by atoms with Gasteiger partial charge >= 0.3 is 5.97 Å². The standard InChI is InChI=1S/C20H28N2O3S/c1-11-14(16(23)24)26-15(21-11)12(2)22-17(25)20-7-13-5-18(3,9-20)8-19(4,6-13)10-20/h12-13H,5-10H2,1-4H3,(H,22,25)(H,23,24). The third kappa shape index (κ3) is 2.77. The molecule has 0 aromatic carbocycles. The lowest BCUT2D eigenvalue weighted by molar-refractivity contribution is -0.170. The zero-order valence-electron chi connectivity index (χ0n) is 16.0. The van der Waals surface area contributed by atoms with E-state index in [9.17, 15) is 14.7 Å². The van der Waals surface area contributed by atoms with E-state index in [1.54, 1.807) is 6.92 Å². The Kier molecular flexibility index (Phi) is 3.82. The lowest BCUT2D eigenvalue weighted by atomic mass is 9.40. The van der Waals surface area contributed by atoms with Crippen LogP contribution in [0.2, 0.25) is 0 Å². The van der Waals surface area contributed by atoms with Crippen molar-refractivity contribution in [1.82, 2.24) is 10.3 Å². The van der Waals surface area contributed by atoms with Gasteiger partial charge in [-0.2, -0.15) is 0 Å². The lowest BCUT2D eigenvalue weighted by Crippen LogP contribution is -2.60. The van der Waals surface area contributed by atoms with Crippen molar-refractivity contribution in [3.63, 3.8) is 0 Å². The second-order valence-electron chi connectivity index (χ2n) is 9.88. The van der Waals surface area contributed by atoms with Gasteiger partial charge in [-0.25, -0.2) is 9.78 Å². The van der Waals surface area contributed by atoms with Crippen LogP contribution in [0.25, 0.3) is 0 Å². The summed E-state index contributed by atoms with van der Waals surface area (Å²) in [6.45, 7) is 8.35. The molecule has 5 rings (SSSR count). The average molecular weight is 377 g/mol. The van der Waals surface area contributed by atoms with E-state index in [0.29, 0.717) is 27.4 Å². The summed E-state index contributed by atoms with van der Waals surface area (Å²) in [5.41, 5.74) is 0.860. The highest BCUT2D eigenvalue weighted by Gasteiger charge is 2.62. The molecule has 4 saturated carbocycles. The Morgan fingerprint density at radius 2 is 1.81 bits per heavy atom. The zero-order chi connectivity index (χ0) is 18.9. The number of nitrogens with one attached hydrogen (secondary N) is 1. The van der Waals surface area contributed by atoms with Crippen LogP contribution < -0.4 is 5.32 Å². The van der Waals surface area contributed by atoms with Crippen LogP contribution >= 0.6 is 11.3 Å². The first-order valence-corrected chi connectivity index (χ1v) is 10.4. The molecule has 3 unspecified atom stereocenters. The van der Waals surface area contributed by atoms with Crippen molar-refractivity contribution in [3.8, 4) is 0 Å². The Bertz CT molecular complexity index is 768. The molecular formula is C20H28N2O3S. The summed E-state index contributed by atoms with van der Waals surface area (Å²) in [5.74, 6) is -0.133. The zero-order valence-corrected chi connectivity index (χ0v) is 16.8. The van der Waals surface area contributed by atoms with Crippen molar-refractivity contribution < 1.29 is 14.7 Å². The number of thiazole rings is 1. The second-order valence-corrected chi connectivity index (χ2v) is 10.9. The molecule has 4 bridgehead atoms. The predicted octanol–water partition coefficient (Wildman–Crippen LogP) is 4.32. The smallest absolute Gasteiger partial charge is 0.347 e. The number of carbonyl (C=O) groups excluding carboxylic acids is 1. The maximum Gasteiger partial charge on any atom is 0.347 e. The molecule has 0 radical (unpaired) electrons. The normalized spacial score (nSPS) is 39.0. The first kappa shape index (κ1) is 18.0. The van der Waals surface area contributed by atoms with Crippen LogP contribution in [0.1, 0.15) is 85.7 Å². The Morgan fingerprint density at radius 3 is 2.31 bits per heavy atom. The van der Waals surface area contributed by atoms with Gasteiger partial charge in [-0.1, -0.05) is 13.8 Å². The first-order chi connectivity index (χ1) is 12.0. The number of aryl methyl sites for hydroxylation is 1. The van der Waals surface area contributed by atoms with Gasteiger partial charge in [0.05, 0.1) is 17.2 Å². The number of hydrogen-bond acceptors (Lipinski definition) is 4.